The van der Waals surface area contributed by atoms with E-state index in [1.54, 1.807) is 11.6 Å². The number of aromatic amines is 1. The summed E-state index contributed by atoms with van der Waals surface area (Å²) >= 11 is 10.4. The van der Waals surface area contributed by atoms with Gasteiger partial charge in [-0.05, 0) is 17.7 Å². The van der Waals surface area contributed by atoms with Crippen LogP contribution in [0.4, 0.5) is 0 Å². The maximum Gasteiger partial charge on any atom is 0.329 e. The highest BCUT2D eigenvalue weighted by molar-refractivity contribution is 9.10. The van der Waals surface area contributed by atoms with Gasteiger partial charge in [0.1, 0.15) is 0 Å². The standard InChI is InChI=1S/C16H16BrClN4O3S/c1-21-13-12(14(24)20-15(21)25)22(7-9-3-2-4-10(17)5-9)16(19-13)26-8-11(23)6-18/h2-5,11,23H,6-8H2,1H3,(H,20,24,25)/t11-/m0/s1. The Balaban J connectivity index is 2.14. The highest BCUT2D eigenvalue weighted by atomic mass is 79.9. The van der Waals surface area contributed by atoms with Crippen molar-refractivity contribution in [2.24, 2.45) is 7.05 Å². The van der Waals surface area contributed by atoms with Crippen LogP contribution in [0.15, 0.2) is 43.5 Å². The summed E-state index contributed by atoms with van der Waals surface area (Å²) in [5, 5.41) is 10.3. The van der Waals surface area contributed by atoms with Crippen LogP contribution in [0.5, 0.6) is 0 Å². The van der Waals surface area contributed by atoms with Crippen molar-refractivity contribution in [2.75, 3.05) is 11.6 Å². The van der Waals surface area contributed by atoms with Crippen molar-refractivity contribution < 1.29 is 5.11 Å². The van der Waals surface area contributed by atoms with Crippen molar-refractivity contribution in [3.05, 3.63) is 55.1 Å². The minimum Gasteiger partial charge on any atom is -0.391 e. The van der Waals surface area contributed by atoms with Gasteiger partial charge in [-0.1, -0.05) is 39.8 Å². The first-order valence-corrected chi connectivity index (χ1v) is 10.0. The molecule has 0 aliphatic rings. The van der Waals surface area contributed by atoms with Crippen LogP contribution < -0.4 is 11.2 Å². The van der Waals surface area contributed by atoms with Crippen LogP contribution in [-0.4, -0.2) is 41.9 Å². The molecule has 2 N–H and O–H groups in total. The fourth-order valence-electron chi connectivity index (χ4n) is 2.50. The van der Waals surface area contributed by atoms with E-state index >= 15 is 0 Å². The van der Waals surface area contributed by atoms with E-state index in [4.69, 9.17) is 11.6 Å². The first kappa shape index (κ1) is 19.2. The molecule has 2 aromatic heterocycles. The molecule has 7 nitrogen and oxygen atoms in total. The molecule has 3 aromatic rings. The average Bonchev–Trinajstić information content (AvgIpc) is 2.96. The summed E-state index contributed by atoms with van der Waals surface area (Å²) in [5.74, 6) is 0.440. The van der Waals surface area contributed by atoms with Crippen LogP contribution in [0.2, 0.25) is 0 Å². The number of fused-ring (bicyclic) bond motifs is 1. The average molecular weight is 460 g/mol. The molecule has 0 fully saturated rings. The molecule has 0 aliphatic carbocycles. The maximum atomic E-state index is 12.4. The van der Waals surface area contributed by atoms with Gasteiger partial charge in [0.2, 0.25) is 0 Å². The molecule has 1 aromatic carbocycles. The number of aliphatic hydroxyl groups is 1. The van der Waals surface area contributed by atoms with Gasteiger partial charge in [0, 0.05) is 23.2 Å². The number of aromatic nitrogens is 4. The lowest BCUT2D eigenvalue weighted by atomic mass is 10.2. The van der Waals surface area contributed by atoms with Crippen molar-refractivity contribution in [3.63, 3.8) is 0 Å². The fraction of sp³-hybridized carbons (Fsp3) is 0.312. The van der Waals surface area contributed by atoms with E-state index in [-0.39, 0.29) is 5.88 Å². The maximum absolute atomic E-state index is 12.4. The summed E-state index contributed by atoms with van der Waals surface area (Å²) < 4.78 is 3.98. The summed E-state index contributed by atoms with van der Waals surface area (Å²) in [5.41, 5.74) is 0.570. The van der Waals surface area contributed by atoms with E-state index in [1.807, 2.05) is 24.3 Å². The Morgan fingerprint density at radius 3 is 2.88 bits per heavy atom. The number of aryl methyl sites for hydroxylation is 1. The number of alkyl halides is 1. The van der Waals surface area contributed by atoms with Crippen LogP contribution >= 0.6 is 39.3 Å². The lowest BCUT2D eigenvalue weighted by molar-refractivity contribution is 0.223. The number of rotatable bonds is 6. The molecule has 0 saturated carbocycles. The van der Waals surface area contributed by atoms with Crippen molar-refractivity contribution >= 4 is 50.5 Å². The molecule has 10 heteroatoms. The molecule has 2 heterocycles. The van der Waals surface area contributed by atoms with Gasteiger partial charge in [-0.25, -0.2) is 9.78 Å². The number of H-pyrrole nitrogens is 1. The first-order valence-electron chi connectivity index (χ1n) is 7.71. The second kappa shape index (κ2) is 7.99. The zero-order chi connectivity index (χ0) is 18.8. The van der Waals surface area contributed by atoms with Gasteiger partial charge >= 0.3 is 5.69 Å². The topological polar surface area (TPSA) is 92.9 Å². The first-order chi connectivity index (χ1) is 12.4. The van der Waals surface area contributed by atoms with Crippen LogP contribution in [0.1, 0.15) is 5.56 Å². The number of benzene rings is 1. The van der Waals surface area contributed by atoms with E-state index in [9.17, 15) is 14.7 Å². The Hall–Kier alpha value is -1.55. The fourth-order valence-corrected chi connectivity index (χ4v) is 4.11. The van der Waals surface area contributed by atoms with Gasteiger partial charge in [0.25, 0.3) is 5.56 Å². The van der Waals surface area contributed by atoms with Crippen LogP contribution in [0, 0.1) is 0 Å². The molecule has 0 spiro atoms. The molecular weight excluding hydrogens is 444 g/mol. The number of thioether (sulfide) groups is 1. The largest absolute Gasteiger partial charge is 0.391 e. The lowest BCUT2D eigenvalue weighted by Gasteiger charge is -2.10. The normalized spacial score (nSPS) is 12.6. The van der Waals surface area contributed by atoms with Crippen molar-refractivity contribution in [1.29, 1.82) is 0 Å². The second-order valence-electron chi connectivity index (χ2n) is 5.72. The lowest BCUT2D eigenvalue weighted by Crippen LogP contribution is -2.29. The molecule has 0 aliphatic heterocycles. The Morgan fingerprint density at radius 2 is 2.19 bits per heavy atom. The molecule has 138 valence electrons. The number of nitrogens with zero attached hydrogens (tertiary/aromatic N) is 3. The van der Waals surface area contributed by atoms with Crippen molar-refractivity contribution in [2.45, 2.75) is 17.8 Å². The predicted molar refractivity (Wildman–Crippen MR) is 106 cm³/mol. The van der Waals surface area contributed by atoms with Crippen molar-refractivity contribution in [1.82, 2.24) is 19.1 Å². The summed E-state index contributed by atoms with van der Waals surface area (Å²) in [6, 6.07) is 7.71. The minimum absolute atomic E-state index is 0.109. The highest BCUT2D eigenvalue weighted by Crippen LogP contribution is 2.24. The number of hydrogen-bond acceptors (Lipinski definition) is 5. The van der Waals surface area contributed by atoms with E-state index in [2.05, 4.69) is 25.9 Å². The Morgan fingerprint density at radius 1 is 1.42 bits per heavy atom. The number of aliphatic hydroxyl groups excluding tert-OH is 1. The predicted octanol–water partition coefficient (Wildman–Crippen LogP) is 1.93. The third-order valence-electron chi connectivity index (χ3n) is 3.78. The molecule has 1 atom stereocenters. The zero-order valence-electron chi connectivity index (χ0n) is 13.8. The summed E-state index contributed by atoms with van der Waals surface area (Å²) in [7, 11) is 1.55. The van der Waals surface area contributed by atoms with Crippen LogP contribution in [0.3, 0.4) is 0 Å². The molecule has 26 heavy (non-hydrogen) atoms. The van der Waals surface area contributed by atoms with Gasteiger partial charge in [0.15, 0.2) is 16.3 Å². The molecule has 3 rings (SSSR count). The Bertz CT molecular complexity index is 1060. The number of hydrogen-bond donors (Lipinski definition) is 2. The van der Waals surface area contributed by atoms with Gasteiger partial charge < -0.3 is 9.67 Å². The summed E-state index contributed by atoms with van der Waals surface area (Å²) in [6.45, 7) is 0.399. The SMILES string of the molecule is Cn1c(=O)[nH]c(=O)c2c1nc(SC[C@@H](O)CCl)n2Cc1cccc(Br)c1. The van der Waals surface area contributed by atoms with E-state index in [0.717, 1.165) is 10.0 Å². The molecule has 0 saturated heterocycles. The zero-order valence-corrected chi connectivity index (χ0v) is 16.9. The van der Waals surface area contributed by atoms with Gasteiger partial charge in [-0.3, -0.25) is 14.3 Å². The Kier molecular flexibility index (Phi) is 5.91. The quantitative estimate of drug-likeness (QED) is 0.434. The summed E-state index contributed by atoms with van der Waals surface area (Å²) in [4.78, 5) is 31.1. The number of nitrogens with one attached hydrogen (secondary N) is 1. The molecule has 0 radical (unpaired) electrons. The third kappa shape index (κ3) is 3.90. The number of halogens is 2. The highest BCUT2D eigenvalue weighted by Gasteiger charge is 2.19. The Labute approximate surface area is 166 Å². The van der Waals surface area contributed by atoms with E-state index in [0.29, 0.717) is 28.6 Å². The van der Waals surface area contributed by atoms with E-state index in [1.165, 1.54) is 16.3 Å². The minimum atomic E-state index is -0.692. The van der Waals surface area contributed by atoms with Crippen molar-refractivity contribution in [3.8, 4) is 0 Å². The monoisotopic (exact) mass is 458 g/mol. The third-order valence-corrected chi connectivity index (χ3v) is 5.76. The molecule has 0 unspecified atom stereocenters. The number of imidazole rings is 1. The summed E-state index contributed by atoms with van der Waals surface area (Å²) in [6.07, 6.45) is -0.692. The van der Waals surface area contributed by atoms with E-state index < -0.39 is 17.4 Å². The van der Waals surface area contributed by atoms with Gasteiger partial charge in [-0.2, -0.15) is 0 Å². The van der Waals surface area contributed by atoms with Gasteiger partial charge in [0.05, 0.1) is 12.6 Å². The smallest absolute Gasteiger partial charge is 0.329 e. The molecule has 0 bridgehead atoms. The van der Waals surface area contributed by atoms with Crippen LogP contribution in [-0.2, 0) is 13.6 Å². The van der Waals surface area contributed by atoms with Crippen LogP contribution in [0.25, 0.3) is 11.2 Å². The molecular formula is C16H16BrClN4O3S. The van der Waals surface area contributed by atoms with Gasteiger partial charge in [-0.15, -0.1) is 11.6 Å². The molecule has 0 amide bonds. The second-order valence-corrected chi connectivity index (χ2v) is 7.93.